The summed E-state index contributed by atoms with van der Waals surface area (Å²) in [7, 11) is 0. The van der Waals surface area contributed by atoms with Crippen molar-refractivity contribution in [1.82, 2.24) is 5.32 Å². The van der Waals surface area contributed by atoms with Crippen molar-refractivity contribution < 1.29 is 9.53 Å². The molecule has 0 aliphatic carbocycles. The molecule has 2 aromatic carbocycles. The second-order valence-electron chi connectivity index (χ2n) is 5.89. The summed E-state index contributed by atoms with van der Waals surface area (Å²) < 4.78 is 5.64. The van der Waals surface area contributed by atoms with Gasteiger partial charge in [-0.15, -0.1) is 0 Å². The van der Waals surface area contributed by atoms with Crippen LogP contribution in [0.15, 0.2) is 60.2 Å². The third-order valence-electron chi connectivity index (χ3n) is 4.01. The molecule has 1 atom stereocenters. The molecule has 3 nitrogen and oxygen atoms in total. The van der Waals surface area contributed by atoms with Crippen LogP contribution in [0.5, 0.6) is 5.75 Å². The normalized spacial score (nSPS) is 14.2. The lowest BCUT2D eigenvalue weighted by Gasteiger charge is -2.19. The van der Waals surface area contributed by atoms with E-state index < -0.39 is 0 Å². The number of ether oxygens (including phenoxy) is 1. The number of rotatable bonds is 5. The average molecular weight is 307 g/mol. The maximum Gasteiger partial charge on any atom is 0.250 e. The first-order valence-corrected chi connectivity index (χ1v) is 7.99. The van der Waals surface area contributed by atoms with Gasteiger partial charge >= 0.3 is 0 Å². The van der Waals surface area contributed by atoms with Crippen LogP contribution in [0.3, 0.4) is 0 Å². The molecule has 1 amide bonds. The zero-order valence-corrected chi connectivity index (χ0v) is 13.3. The third kappa shape index (κ3) is 4.01. The van der Waals surface area contributed by atoms with Crippen LogP contribution in [0.4, 0.5) is 0 Å². The molecule has 1 heterocycles. The van der Waals surface area contributed by atoms with E-state index in [9.17, 15) is 4.79 Å². The lowest BCUT2D eigenvalue weighted by Crippen LogP contribution is -2.35. The lowest BCUT2D eigenvalue weighted by atomic mass is 10.0. The van der Waals surface area contributed by atoms with Gasteiger partial charge in [-0.3, -0.25) is 4.79 Å². The van der Waals surface area contributed by atoms with Crippen molar-refractivity contribution in [3.63, 3.8) is 0 Å². The van der Waals surface area contributed by atoms with Crippen molar-refractivity contribution in [3.8, 4) is 5.75 Å². The minimum atomic E-state index is -0.0416. The molecule has 1 unspecified atom stereocenters. The Morgan fingerprint density at radius 3 is 2.70 bits per heavy atom. The van der Waals surface area contributed by atoms with Gasteiger partial charge in [-0.1, -0.05) is 48.5 Å². The first-order chi connectivity index (χ1) is 11.2. The smallest absolute Gasteiger partial charge is 0.250 e. The quantitative estimate of drug-likeness (QED) is 0.916. The van der Waals surface area contributed by atoms with Gasteiger partial charge in [0.1, 0.15) is 12.4 Å². The largest absolute Gasteiger partial charge is 0.488 e. The van der Waals surface area contributed by atoms with E-state index in [4.69, 9.17) is 4.74 Å². The Bertz CT molecular complexity index is 707. The minimum absolute atomic E-state index is 0.0416. The molecule has 0 spiro atoms. The standard InChI is InChI=1S/C20H21NO2/c1-15(11-12-16-7-3-2-4-8-16)21-20(22)18-13-17-9-5-6-10-19(17)23-14-18/h2-10,13,15H,11-12,14H2,1H3,(H,21,22). The lowest BCUT2D eigenvalue weighted by molar-refractivity contribution is -0.118. The van der Waals surface area contributed by atoms with E-state index in [-0.39, 0.29) is 11.9 Å². The van der Waals surface area contributed by atoms with Crippen molar-refractivity contribution in [3.05, 3.63) is 71.3 Å². The predicted molar refractivity (Wildman–Crippen MR) is 92.3 cm³/mol. The fourth-order valence-electron chi connectivity index (χ4n) is 2.66. The van der Waals surface area contributed by atoms with Crippen molar-refractivity contribution in [2.24, 2.45) is 0 Å². The molecule has 0 fully saturated rings. The second-order valence-corrected chi connectivity index (χ2v) is 5.89. The van der Waals surface area contributed by atoms with Crippen LogP contribution in [0.25, 0.3) is 6.08 Å². The van der Waals surface area contributed by atoms with Gasteiger partial charge in [-0.05, 0) is 37.5 Å². The third-order valence-corrected chi connectivity index (χ3v) is 4.01. The molecule has 2 aromatic rings. The Labute approximate surface area is 137 Å². The Hall–Kier alpha value is -2.55. The zero-order chi connectivity index (χ0) is 16.1. The topological polar surface area (TPSA) is 38.3 Å². The van der Waals surface area contributed by atoms with E-state index in [0.717, 1.165) is 24.2 Å². The van der Waals surface area contributed by atoms with Crippen LogP contribution in [0.2, 0.25) is 0 Å². The van der Waals surface area contributed by atoms with Gasteiger partial charge in [0, 0.05) is 11.6 Å². The average Bonchev–Trinajstić information content (AvgIpc) is 2.60. The molecule has 3 heteroatoms. The maximum atomic E-state index is 12.4. The molecule has 118 valence electrons. The number of para-hydroxylation sites is 1. The van der Waals surface area contributed by atoms with Crippen molar-refractivity contribution in [2.75, 3.05) is 6.61 Å². The summed E-state index contributed by atoms with van der Waals surface area (Å²) in [5.41, 5.74) is 2.93. The Morgan fingerprint density at radius 1 is 1.13 bits per heavy atom. The van der Waals surface area contributed by atoms with E-state index in [1.165, 1.54) is 5.56 Å². The predicted octanol–water partition coefficient (Wildman–Crippen LogP) is 3.60. The maximum absolute atomic E-state index is 12.4. The molecule has 0 saturated carbocycles. The molecule has 3 rings (SSSR count). The van der Waals surface area contributed by atoms with E-state index in [1.807, 2.05) is 55.5 Å². The van der Waals surface area contributed by atoms with E-state index in [1.54, 1.807) is 0 Å². The van der Waals surface area contributed by atoms with Crippen molar-refractivity contribution >= 4 is 12.0 Å². The molecule has 23 heavy (non-hydrogen) atoms. The molecule has 1 N–H and O–H groups in total. The Kier molecular flexibility index (Phi) is 4.77. The number of carbonyl (C=O) groups is 1. The molecule has 1 aliphatic heterocycles. The van der Waals surface area contributed by atoms with Gasteiger partial charge in [0.2, 0.25) is 0 Å². The van der Waals surface area contributed by atoms with Gasteiger partial charge in [0.15, 0.2) is 0 Å². The van der Waals surface area contributed by atoms with Crippen LogP contribution in [-0.2, 0) is 11.2 Å². The highest BCUT2D eigenvalue weighted by Crippen LogP contribution is 2.25. The first kappa shape index (κ1) is 15.3. The monoisotopic (exact) mass is 307 g/mol. The van der Waals surface area contributed by atoms with E-state index >= 15 is 0 Å². The Morgan fingerprint density at radius 2 is 1.87 bits per heavy atom. The van der Waals surface area contributed by atoms with E-state index in [0.29, 0.717) is 12.2 Å². The van der Waals surface area contributed by atoms with E-state index in [2.05, 4.69) is 17.4 Å². The molecular weight excluding hydrogens is 286 g/mol. The Balaban J connectivity index is 1.56. The number of fused-ring (bicyclic) bond motifs is 1. The summed E-state index contributed by atoms with van der Waals surface area (Å²) in [6, 6.07) is 18.2. The highest BCUT2D eigenvalue weighted by Gasteiger charge is 2.18. The van der Waals surface area contributed by atoms with Crippen molar-refractivity contribution in [1.29, 1.82) is 0 Å². The molecule has 0 radical (unpaired) electrons. The SMILES string of the molecule is CC(CCc1ccccc1)NC(=O)C1=Cc2ccccc2OC1. The number of carbonyl (C=O) groups excluding carboxylic acids is 1. The highest BCUT2D eigenvalue weighted by molar-refractivity contribution is 5.99. The van der Waals surface area contributed by atoms with Crippen LogP contribution in [0.1, 0.15) is 24.5 Å². The van der Waals surface area contributed by atoms with Gasteiger partial charge in [-0.25, -0.2) is 0 Å². The molecular formula is C20H21NO2. The molecule has 0 bridgehead atoms. The van der Waals surface area contributed by atoms with Crippen LogP contribution < -0.4 is 10.1 Å². The first-order valence-electron chi connectivity index (χ1n) is 7.99. The summed E-state index contributed by atoms with van der Waals surface area (Å²) in [6.07, 6.45) is 3.79. The van der Waals surface area contributed by atoms with Crippen molar-refractivity contribution in [2.45, 2.75) is 25.8 Å². The molecule has 0 saturated heterocycles. The zero-order valence-electron chi connectivity index (χ0n) is 13.3. The fraction of sp³-hybridized carbons (Fsp3) is 0.250. The van der Waals surface area contributed by atoms with Gasteiger partial charge in [0.05, 0.1) is 5.57 Å². The summed E-state index contributed by atoms with van der Waals surface area (Å²) in [5, 5.41) is 3.06. The summed E-state index contributed by atoms with van der Waals surface area (Å²) >= 11 is 0. The van der Waals surface area contributed by atoms with Crippen LogP contribution in [-0.4, -0.2) is 18.6 Å². The highest BCUT2D eigenvalue weighted by atomic mass is 16.5. The van der Waals surface area contributed by atoms with Gasteiger partial charge in [-0.2, -0.15) is 0 Å². The number of aryl methyl sites for hydroxylation is 1. The number of hydrogen-bond acceptors (Lipinski definition) is 2. The number of hydrogen-bond donors (Lipinski definition) is 1. The van der Waals surface area contributed by atoms with Crippen LogP contribution in [0, 0.1) is 0 Å². The van der Waals surface area contributed by atoms with Gasteiger partial charge in [0.25, 0.3) is 5.91 Å². The number of amides is 1. The summed E-state index contributed by atoms with van der Waals surface area (Å²) in [4.78, 5) is 12.4. The van der Waals surface area contributed by atoms with Crippen LogP contribution >= 0.6 is 0 Å². The summed E-state index contributed by atoms with van der Waals surface area (Å²) in [6.45, 7) is 2.37. The minimum Gasteiger partial charge on any atom is -0.488 e. The molecule has 1 aliphatic rings. The number of benzene rings is 2. The van der Waals surface area contributed by atoms with Gasteiger partial charge < -0.3 is 10.1 Å². The number of nitrogens with one attached hydrogen (secondary N) is 1. The second kappa shape index (κ2) is 7.14. The summed E-state index contributed by atoms with van der Waals surface area (Å²) in [5.74, 6) is 0.793. The molecule has 0 aromatic heterocycles. The fourth-order valence-corrected chi connectivity index (χ4v) is 2.66.